The summed E-state index contributed by atoms with van der Waals surface area (Å²) in [6.07, 6.45) is 6.36. The topological polar surface area (TPSA) is 79.4 Å². The Labute approximate surface area is 147 Å². The lowest BCUT2D eigenvalue weighted by molar-refractivity contribution is 0.0724. The molecule has 3 rings (SSSR count). The molecule has 0 spiro atoms. The number of carbonyl (C=O) groups excluding carboxylic acids is 1. The first-order chi connectivity index (χ1) is 12.1. The average Bonchev–Trinajstić information content (AvgIpc) is 2.67. The molecule has 1 aromatic heterocycles. The van der Waals surface area contributed by atoms with Gasteiger partial charge in [-0.25, -0.2) is 13.1 Å². The van der Waals surface area contributed by atoms with Crippen LogP contribution in [-0.4, -0.2) is 37.3 Å². The van der Waals surface area contributed by atoms with Crippen LogP contribution in [0, 0.1) is 0 Å². The molecule has 0 saturated carbocycles. The van der Waals surface area contributed by atoms with Crippen LogP contribution in [0.3, 0.4) is 0 Å². The summed E-state index contributed by atoms with van der Waals surface area (Å²) in [5, 5.41) is 0. The Morgan fingerprint density at radius 1 is 1.08 bits per heavy atom. The first kappa shape index (κ1) is 17.6. The molecule has 1 N–H and O–H groups in total. The zero-order chi connectivity index (χ0) is 17.7. The summed E-state index contributed by atoms with van der Waals surface area (Å²) < 4.78 is 27.6. The third-order valence-corrected chi connectivity index (χ3v) is 5.65. The van der Waals surface area contributed by atoms with Gasteiger partial charge < -0.3 is 4.90 Å². The summed E-state index contributed by atoms with van der Waals surface area (Å²) in [6.45, 7) is 1.64. The number of hydrogen-bond donors (Lipinski definition) is 1. The highest BCUT2D eigenvalue weighted by atomic mass is 32.2. The summed E-state index contributed by atoms with van der Waals surface area (Å²) in [5.41, 5.74) is 1.23. The molecule has 1 aliphatic rings. The molecule has 0 bridgehead atoms. The average molecular weight is 359 g/mol. The summed E-state index contributed by atoms with van der Waals surface area (Å²) in [5.74, 6) is -0.106. The Kier molecular flexibility index (Phi) is 5.45. The van der Waals surface area contributed by atoms with E-state index in [1.54, 1.807) is 41.6 Å². The Bertz CT molecular complexity index is 832. The van der Waals surface area contributed by atoms with Crippen LogP contribution < -0.4 is 4.72 Å². The molecule has 25 heavy (non-hydrogen) atoms. The van der Waals surface area contributed by atoms with Crippen molar-refractivity contribution in [2.45, 2.75) is 30.7 Å². The predicted molar refractivity (Wildman–Crippen MR) is 94.5 cm³/mol. The van der Waals surface area contributed by atoms with Gasteiger partial charge in [-0.3, -0.25) is 9.78 Å². The van der Waals surface area contributed by atoms with E-state index in [1.165, 1.54) is 12.1 Å². The van der Waals surface area contributed by atoms with Gasteiger partial charge in [-0.15, -0.1) is 0 Å². The molecule has 0 radical (unpaired) electrons. The van der Waals surface area contributed by atoms with E-state index in [-0.39, 0.29) is 17.3 Å². The SMILES string of the molecule is O=C(c1cccc(S(=O)(=O)NCc2ccncc2)c1)N1CCCCC1. The number of hydrogen-bond acceptors (Lipinski definition) is 4. The normalized spacial score (nSPS) is 15.1. The molecule has 1 fully saturated rings. The highest BCUT2D eigenvalue weighted by Crippen LogP contribution is 2.17. The largest absolute Gasteiger partial charge is 0.339 e. The predicted octanol–water partition coefficient (Wildman–Crippen LogP) is 2.19. The van der Waals surface area contributed by atoms with Gasteiger partial charge in [0, 0.05) is 37.6 Å². The second-order valence-corrected chi connectivity index (χ2v) is 7.83. The molecule has 1 aromatic carbocycles. The van der Waals surface area contributed by atoms with Crippen LogP contribution in [0.1, 0.15) is 35.2 Å². The minimum Gasteiger partial charge on any atom is -0.339 e. The van der Waals surface area contributed by atoms with Crippen molar-refractivity contribution in [3.05, 3.63) is 59.9 Å². The van der Waals surface area contributed by atoms with Gasteiger partial charge >= 0.3 is 0 Å². The number of piperidine rings is 1. The monoisotopic (exact) mass is 359 g/mol. The van der Waals surface area contributed by atoms with Gasteiger partial charge in [0.15, 0.2) is 0 Å². The first-order valence-electron chi connectivity index (χ1n) is 8.34. The first-order valence-corrected chi connectivity index (χ1v) is 9.82. The smallest absolute Gasteiger partial charge is 0.253 e. The highest BCUT2D eigenvalue weighted by molar-refractivity contribution is 7.89. The van der Waals surface area contributed by atoms with E-state index in [1.807, 2.05) is 0 Å². The van der Waals surface area contributed by atoms with E-state index in [4.69, 9.17) is 0 Å². The van der Waals surface area contributed by atoms with Crippen LogP contribution in [0.5, 0.6) is 0 Å². The van der Waals surface area contributed by atoms with Crippen LogP contribution in [0.2, 0.25) is 0 Å². The Balaban J connectivity index is 1.74. The second kappa shape index (κ2) is 7.76. The molecule has 1 amide bonds. The molecular weight excluding hydrogens is 338 g/mol. The fourth-order valence-corrected chi connectivity index (χ4v) is 3.90. The molecule has 0 atom stereocenters. The lowest BCUT2D eigenvalue weighted by atomic mass is 10.1. The van der Waals surface area contributed by atoms with Crippen molar-refractivity contribution in [1.82, 2.24) is 14.6 Å². The van der Waals surface area contributed by atoms with Crippen molar-refractivity contribution in [2.75, 3.05) is 13.1 Å². The van der Waals surface area contributed by atoms with Crippen molar-refractivity contribution >= 4 is 15.9 Å². The van der Waals surface area contributed by atoms with E-state index in [2.05, 4.69) is 9.71 Å². The summed E-state index contributed by atoms with van der Waals surface area (Å²) in [6, 6.07) is 9.72. The fourth-order valence-electron chi connectivity index (χ4n) is 2.84. The minimum absolute atomic E-state index is 0.101. The van der Waals surface area contributed by atoms with Crippen molar-refractivity contribution in [3.63, 3.8) is 0 Å². The third-order valence-electron chi connectivity index (χ3n) is 4.25. The van der Waals surface area contributed by atoms with Gasteiger partial charge in [-0.05, 0) is 55.2 Å². The molecule has 132 valence electrons. The van der Waals surface area contributed by atoms with Gasteiger partial charge in [0.25, 0.3) is 5.91 Å². The Morgan fingerprint density at radius 3 is 2.52 bits per heavy atom. The Hall–Kier alpha value is -2.25. The van der Waals surface area contributed by atoms with Crippen molar-refractivity contribution in [3.8, 4) is 0 Å². The number of pyridine rings is 1. The van der Waals surface area contributed by atoms with Crippen molar-refractivity contribution in [2.24, 2.45) is 0 Å². The summed E-state index contributed by atoms with van der Waals surface area (Å²) in [7, 11) is -3.69. The standard InChI is InChI=1S/C18H21N3O3S/c22-18(21-11-2-1-3-12-21)16-5-4-6-17(13-16)25(23,24)20-14-15-7-9-19-10-8-15/h4-10,13,20H,1-3,11-12,14H2. The summed E-state index contributed by atoms with van der Waals surface area (Å²) >= 11 is 0. The van der Waals surface area contributed by atoms with Crippen LogP contribution in [-0.2, 0) is 16.6 Å². The van der Waals surface area contributed by atoms with E-state index in [9.17, 15) is 13.2 Å². The van der Waals surface area contributed by atoms with Crippen molar-refractivity contribution < 1.29 is 13.2 Å². The maximum Gasteiger partial charge on any atom is 0.253 e. The molecule has 1 saturated heterocycles. The van der Waals surface area contributed by atoms with Crippen LogP contribution in [0.4, 0.5) is 0 Å². The number of nitrogens with zero attached hydrogens (tertiary/aromatic N) is 2. The number of likely N-dealkylation sites (tertiary alicyclic amines) is 1. The third kappa shape index (κ3) is 4.43. The quantitative estimate of drug-likeness (QED) is 0.887. The van der Waals surface area contributed by atoms with Gasteiger partial charge in [0.2, 0.25) is 10.0 Å². The Morgan fingerprint density at radius 2 is 1.80 bits per heavy atom. The van der Waals surface area contributed by atoms with Crippen LogP contribution in [0.25, 0.3) is 0 Å². The zero-order valence-corrected chi connectivity index (χ0v) is 14.7. The van der Waals surface area contributed by atoms with Gasteiger partial charge in [0.1, 0.15) is 0 Å². The molecule has 0 unspecified atom stereocenters. The van der Waals surface area contributed by atoms with Crippen LogP contribution in [0.15, 0.2) is 53.7 Å². The van der Waals surface area contributed by atoms with Crippen LogP contribution >= 0.6 is 0 Å². The van der Waals surface area contributed by atoms with E-state index < -0.39 is 10.0 Å². The second-order valence-electron chi connectivity index (χ2n) is 6.06. The van der Waals surface area contributed by atoms with E-state index >= 15 is 0 Å². The number of sulfonamides is 1. The molecule has 6 nitrogen and oxygen atoms in total. The number of carbonyl (C=O) groups is 1. The highest BCUT2D eigenvalue weighted by Gasteiger charge is 2.20. The maximum atomic E-state index is 12.6. The molecule has 2 aromatic rings. The number of amides is 1. The van der Waals surface area contributed by atoms with Gasteiger partial charge in [-0.1, -0.05) is 6.07 Å². The molecule has 1 aliphatic heterocycles. The molecule has 2 heterocycles. The van der Waals surface area contributed by atoms with Crippen molar-refractivity contribution in [1.29, 1.82) is 0 Å². The molecule has 7 heteroatoms. The maximum absolute atomic E-state index is 12.6. The van der Waals surface area contributed by atoms with E-state index in [0.717, 1.165) is 37.9 Å². The number of benzene rings is 1. The lowest BCUT2D eigenvalue weighted by Crippen LogP contribution is -2.35. The zero-order valence-electron chi connectivity index (χ0n) is 13.9. The lowest BCUT2D eigenvalue weighted by Gasteiger charge is -2.26. The van der Waals surface area contributed by atoms with Gasteiger partial charge in [0.05, 0.1) is 4.90 Å². The molecular formula is C18H21N3O3S. The number of aromatic nitrogens is 1. The van der Waals surface area contributed by atoms with E-state index in [0.29, 0.717) is 5.56 Å². The summed E-state index contributed by atoms with van der Waals surface area (Å²) in [4.78, 5) is 18.4. The minimum atomic E-state index is -3.69. The van der Waals surface area contributed by atoms with Gasteiger partial charge in [-0.2, -0.15) is 0 Å². The molecule has 0 aliphatic carbocycles. The number of nitrogens with one attached hydrogen (secondary N) is 1. The fraction of sp³-hybridized carbons (Fsp3) is 0.333. The number of rotatable bonds is 5.